The minimum atomic E-state index is -0.754. The van der Waals surface area contributed by atoms with Crippen molar-refractivity contribution in [2.24, 2.45) is 0 Å². The van der Waals surface area contributed by atoms with Crippen LogP contribution in [0.4, 0.5) is 11.4 Å². The first kappa shape index (κ1) is 16.5. The van der Waals surface area contributed by atoms with Crippen molar-refractivity contribution in [1.82, 2.24) is 4.90 Å². The number of nitrogens with one attached hydrogen (secondary N) is 1. The van der Waals surface area contributed by atoms with E-state index in [9.17, 15) is 9.90 Å². The number of aliphatic hydroxyl groups is 1. The number of rotatable bonds is 6. The standard InChI is InChI=1S/C15H25N3O2/c1-11-5-6-12(16)9-13(11)17-14(19)7-8-18(4)10-15(2,3)20/h5-6,9,20H,7-8,10,16H2,1-4H3,(H,17,19). The smallest absolute Gasteiger partial charge is 0.225 e. The van der Waals surface area contributed by atoms with Crippen LogP contribution in [0.25, 0.3) is 0 Å². The predicted octanol–water partition coefficient (Wildman–Crippen LogP) is 1.61. The normalized spacial score (nSPS) is 11.7. The lowest BCUT2D eigenvalue weighted by Crippen LogP contribution is -2.37. The van der Waals surface area contributed by atoms with Gasteiger partial charge in [0.1, 0.15) is 0 Å². The van der Waals surface area contributed by atoms with Crippen molar-refractivity contribution in [1.29, 1.82) is 0 Å². The molecule has 5 heteroatoms. The van der Waals surface area contributed by atoms with Gasteiger partial charge in [0.25, 0.3) is 0 Å². The van der Waals surface area contributed by atoms with Gasteiger partial charge in [0, 0.05) is 30.9 Å². The highest BCUT2D eigenvalue weighted by Crippen LogP contribution is 2.18. The summed E-state index contributed by atoms with van der Waals surface area (Å²) in [6.45, 7) is 6.55. The van der Waals surface area contributed by atoms with E-state index in [4.69, 9.17) is 5.73 Å². The first-order valence-electron chi connectivity index (χ1n) is 6.74. The van der Waals surface area contributed by atoms with E-state index in [0.717, 1.165) is 11.3 Å². The Balaban J connectivity index is 2.46. The molecule has 1 rings (SSSR count). The van der Waals surface area contributed by atoms with Crippen molar-refractivity contribution >= 4 is 17.3 Å². The van der Waals surface area contributed by atoms with Gasteiger partial charge >= 0.3 is 0 Å². The van der Waals surface area contributed by atoms with E-state index < -0.39 is 5.60 Å². The van der Waals surface area contributed by atoms with E-state index in [2.05, 4.69) is 5.32 Å². The van der Waals surface area contributed by atoms with Crippen LogP contribution in [0.2, 0.25) is 0 Å². The van der Waals surface area contributed by atoms with E-state index in [1.54, 1.807) is 19.9 Å². The van der Waals surface area contributed by atoms with Crippen LogP contribution in [0.1, 0.15) is 25.8 Å². The lowest BCUT2D eigenvalue weighted by molar-refractivity contribution is -0.116. The molecule has 0 spiro atoms. The predicted molar refractivity (Wildman–Crippen MR) is 82.6 cm³/mol. The monoisotopic (exact) mass is 279 g/mol. The van der Waals surface area contributed by atoms with Crippen molar-refractivity contribution in [3.8, 4) is 0 Å². The van der Waals surface area contributed by atoms with Crippen molar-refractivity contribution in [3.05, 3.63) is 23.8 Å². The summed E-state index contributed by atoms with van der Waals surface area (Å²) in [4.78, 5) is 13.8. The van der Waals surface area contributed by atoms with Gasteiger partial charge in [0.05, 0.1) is 5.60 Å². The van der Waals surface area contributed by atoms with Crippen molar-refractivity contribution in [3.63, 3.8) is 0 Å². The van der Waals surface area contributed by atoms with Crippen LogP contribution in [-0.4, -0.2) is 41.7 Å². The number of carbonyl (C=O) groups is 1. The zero-order chi connectivity index (χ0) is 15.3. The second-order valence-electron chi connectivity index (χ2n) is 5.92. The largest absolute Gasteiger partial charge is 0.399 e. The molecule has 1 aromatic rings. The number of nitrogens with zero attached hydrogens (tertiary/aromatic N) is 1. The van der Waals surface area contributed by atoms with Gasteiger partial charge in [0.2, 0.25) is 5.91 Å². The summed E-state index contributed by atoms with van der Waals surface area (Å²) in [5.74, 6) is -0.0544. The van der Waals surface area contributed by atoms with Crippen molar-refractivity contribution < 1.29 is 9.90 Å². The summed E-state index contributed by atoms with van der Waals surface area (Å²) >= 11 is 0. The van der Waals surface area contributed by atoms with Gasteiger partial charge < -0.3 is 21.1 Å². The molecule has 0 radical (unpaired) electrons. The van der Waals surface area contributed by atoms with Crippen molar-refractivity contribution in [2.45, 2.75) is 32.8 Å². The molecule has 0 aliphatic carbocycles. The van der Waals surface area contributed by atoms with Crippen LogP contribution < -0.4 is 11.1 Å². The van der Waals surface area contributed by atoms with E-state index in [-0.39, 0.29) is 5.91 Å². The highest BCUT2D eigenvalue weighted by molar-refractivity contribution is 5.92. The average Bonchev–Trinajstić information content (AvgIpc) is 2.29. The molecular weight excluding hydrogens is 254 g/mol. The molecule has 0 atom stereocenters. The first-order chi connectivity index (χ1) is 9.17. The number of nitrogen functional groups attached to an aromatic ring is 1. The minimum absolute atomic E-state index is 0.0544. The van der Waals surface area contributed by atoms with E-state index in [1.807, 2.05) is 31.0 Å². The Morgan fingerprint density at radius 1 is 1.45 bits per heavy atom. The molecule has 0 bridgehead atoms. The number of carbonyl (C=O) groups excluding carboxylic acids is 1. The van der Waals surface area contributed by atoms with Crippen LogP contribution in [0.15, 0.2) is 18.2 Å². The highest BCUT2D eigenvalue weighted by Gasteiger charge is 2.16. The molecule has 112 valence electrons. The molecule has 0 saturated heterocycles. The molecule has 0 unspecified atom stereocenters. The van der Waals surface area contributed by atoms with Gasteiger partial charge in [0.15, 0.2) is 0 Å². The number of hydrogen-bond acceptors (Lipinski definition) is 4. The minimum Gasteiger partial charge on any atom is -0.399 e. The molecule has 20 heavy (non-hydrogen) atoms. The summed E-state index contributed by atoms with van der Waals surface area (Å²) in [5, 5.41) is 12.6. The van der Waals surface area contributed by atoms with Gasteiger partial charge in [-0.15, -0.1) is 0 Å². The molecular formula is C15H25N3O2. The maximum absolute atomic E-state index is 11.9. The fourth-order valence-electron chi connectivity index (χ4n) is 2.02. The quantitative estimate of drug-likeness (QED) is 0.691. The van der Waals surface area contributed by atoms with Gasteiger partial charge in [-0.1, -0.05) is 6.07 Å². The molecule has 4 N–H and O–H groups in total. The molecule has 1 amide bonds. The average molecular weight is 279 g/mol. The zero-order valence-corrected chi connectivity index (χ0v) is 12.7. The summed E-state index contributed by atoms with van der Waals surface area (Å²) in [6.07, 6.45) is 0.376. The Kier molecular flexibility index (Phi) is 5.53. The van der Waals surface area contributed by atoms with E-state index in [0.29, 0.717) is 25.2 Å². The summed E-state index contributed by atoms with van der Waals surface area (Å²) in [7, 11) is 1.89. The SMILES string of the molecule is Cc1ccc(N)cc1NC(=O)CCN(C)CC(C)(C)O. The Bertz CT molecular complexity index is 467. The Hall–Kier alpha value is -1.59. The second-order valence-corrected chi connectivity index (χ2v) is 5.92. The third-order valence-corrected chi connectivity index (χ3v) is 2.91. The maximum atomic E-state index is 11.9. The Morgan fingerprint density at radius 3 is 2.70 bits per heavy atom. The number of likely N-dealkylation sites (N-methyl/N-ethyl adjacent to an activating group) is 1. The molecule has 5 nitrogen and oxygen atoms in total. The number of aryl methyl sites for hydroxylation is 1. The summed E-state index contributed by atoms with van der Waals surface area (Å²) in [6, 6.07) is 5.45. The lowest BCUT2D eigenvalue weighted by Gasteiger charge is -2.25. The van der Waals surface area contributed by atoms with Crippen LogP contribution in [0, 0.1) is 6.92 Å². The van der Waals surface area contributed by atoms with Crippen molar-refractivity contribution in [2.75, 3.05) is 31.2 Å². The van der Waals surface area contributed by atoms with Crippen LogP contribution in [-0.2, 0) is 4.79 Å². The van der Waals surface area contributed by atoms with Gasteiger partial charge in [-0.2, -0.15) is 0 Å². The Morgan fingerprint density at radius 2 is 2.10 bits per heavy atom. The van der Waals surface area contributed by atoms with E-state index >= 15 is 0 Å². The fraction of sp³-hybridized carbons (Fsp3) is 0.533. The van der Waals surface area contributed by atoms with Gasteiger partial charge in [-0.05, 0) is 45.5 Å². The number of amides is 1. The van der Waals surface area contributed by atoms with Crippen LogP contribution >= 0.6 is 0 Å². The molecule has 0 saturated carbocycles. The summed E-state index contributed by atoms with van der Waals surface area (Å²) in [5.41, 5.74) is 7.32. The third-order valence-electron chi connectivity index (χ3n) is 2.91. The first-order valence-corrected chi connectivity index (χ1v) is 6.74. The van der Waals surface area contributed by atoms with Gasteiger partial charge in [-0.3, -0.25) is 4.79 Å². The third kappa shape index (κ3) is 6.04. The molecule has 0 aromatic heterocycles. The number of benzene rings is 1. The molecule has 0 aliphatic rings. The van der Waals surface area contributed by atoms with Crippen LogP contribution in [0.5, 0.6) is 0 Å². The molecule has 1 aromatic carbocycles. The topological polar surface area (TPSA) is 78.6 Å². The number of hydrogen-bond donors (Lipinski definition) is 3. The second kappa shape index (κ2) is 6.72. The number of anilines is 2. The summed E-state index contributed by atoms with van der Waals surface area (Å²) < 4.78 is 0. The molecule has 0 fully saturated rings. The van der Waals surface area contributed by atoms with Crippen LogP contribution in [0.3, 0.4) is 0 Å². The highest BCUT2D eigenvalue weighted by atomic mass is 16.3. The lowest BCUT2D eigenvalue weighted by atomic mass is 10.1. The van der Waals surface area contributed by atoms with Gasteiger partial charge in [-0.25, -0.2) is 0 Å². The van der Waals surface area contributed by atoms with E-state index in [1.165, 1.54) is 0 Å². The number of nitrogens with two attached hydrogens (primary N) is 1. The fourth-order valence-corrected chi connectivity index (χ4v) is 2.02. The Labute approximate surface area is 120 Å². The molecule has 0 aliphatic heterocycles. The molecule has 0 heterocycles. The maximum Gasteiger partial charge on any atom is 0.225 e. The zero-order valence-electron chi connectivity index (χ0n) is 12.7.